The Hall–Kier alpha value is -2.24. The number of hydrogen-bond donors (Lipinski definition) is 2. The molecule has 6 heteroatoms. The molecule has 0 bridgehead atoms. The number of carbonyl (C=O) groups excluding carboxylic acids is 2. The Bertz CT molecular complexity index is 544. The molecule has 0 saturated heterocycles. The first-order valence-corrected chi connectivity index (χ1v) is 8.29. The van der Waals surface area contributed by atoms with Crippen molar-refractivity contribution in [2.45, 2.75) is 39.8 Å². The molecular formula is C18H29N3O3. The van der Waals surface area contributed by atoms with Crippen molar-refractivity contribution in [3.8, 4) is 5.75 Å². The van der Waals surface area contributed by atoms with Crippen molar-refractivity contribution in [3.63, 3.8) is 0 Å². The largest absolute Gasteiger partial charge is 0.484 e. The van der Waals surface area contributed by atoms with Crippen LogP contribution in [-0.2, 0) is 11.3 Å². The average molecular weight is 335 g/mol. The normalized spacial score (nSPS) is 11.8. The van der Waals surface area contributed by atoms with Gasteiger partial charge in [-0.05, 0) is 30.0 Å². The molecule has 0 fully saturated rings. The molecule has 1 aromatic carbocycles. The predicted octanol–water partition coefficient (Wildman–Crippen LogP) is 2.39. The third-order valence-corrected chi connectivity index (χ3v) is 3.77. The Morgan fingerprint density at radius 2 is 1.96 bits per heavy atom. The monoisotopic (exact) mass is 335 g/mol. The van der Waals surface area contributed by atoms with Gasteiger partial charge in [0.25, 0.3) is 5.91 Å². The van der Waals surface area contributed by atoms with E-state index in [0.29, 0.717) is 18.2 Å². The van der Waals surface area contributed by atoms with Gasteiger partial charge in [-0.25, -0.2) is 4.79 Å². The Morgan fingerprint density at radius 1 is 1.25 bits per heavy atom. The Labute approximate surface area is 144 Å². The van der Waals surface area contributed by atoms with Gasteiger partial charge in [-0.2, -0.15) is 0 Å². The zero-order valence-electron chi connectivity index (χ0n) is 15.3. The molecule has 24 heavy (non-hydrogen) atoms. The van der Waals surface area contributed by atoms with Gasteiger partial charge in [0, 0.05) is 26.7 Å². The first kappa shape index (κ1) is 19.8. The maximum Gasteiger partial charge on any atom is 0.315 e. The summed E-state index contributed by atoms with van der Waals surface area (Å²) in [5, 5.41) is 5.82. The van der Waals surface area contributed by atoms with Crippen LogP contribution in [-0.4, -0.2) is 43.6 Å². The maximum absolute atomic E-state index is 12.0. The summed E-state index contributed by atoms with van der Waals surface area (Å²) in [6.07, 6.45) is 0.897. The number of ether oxygens (including phenoxy) is 1. The van der Waals surface area contributed by atoms with Gasteiger partial charge in [-0.15, -0.1) is 0 Å². The summed E-state index contributed by atoms with van der Waals surface area (Å²) in [5.41, 5.74) is 0.914. The molecule has 6 nitrogen and oxygen atoms in total. The number of urea groups is 1. The fourth-order valence-corrected chi connectivity index (χ4v) is 2.16. The van der Waals surface area contributed by atoms with E-state index in [1.165, 1.54) is 4.90 Å². The molecule has 134 valence electrons. The number of likely N-dealkylation sites (N-methyl/N-ethyl adjacent to an activating group) is 1. The van der Waals surface area contributed by atoms with Gasteiger partial charge in [0.15, 0.2) is 6.61 Å². The summed E-state index contributed by atoms with van der Waals surface area (Å²) in [6.45, 7) is 6.63. The van der Waals surface area contributed by atoms with Crippen LogP contribution in [0.3, 0.4) is 0 Å². The van der Waals surface area contributed by atoms with Crippen molar-refractivity contribution in [2.75, 3.05) is 20.7 Å². The Morgan fingerprint density at radius 3 is 2.54 bits per heavy atom. The van der Waals surface area contributed by atoms with Gasteiger partial charge in [0.05, 0.1) is 0 Å². The van der Waals surface area contributed by atoms with Crippen LogP contribution in [0.2, 0.25) is 0 Å². The second kappa shape index (κ2) is 9.80. The molecule has 0 aliphatic rings. The summed E-state index contributed by atoms with van der Waals surface area (Å²) < 4.78 is 5.47. The molecule has 1 unspecified atom stereocenters. The van der Waals surface area contributed by atoms with Gasteiger partial charge >= 0.3 is 6.03 Å². The number of nitrogens with one attached hydrogen (secondary N) is 2. The smallest absolute Gasteiger partial charge is 0.315 e. The van der Waals surface area contributed by atoms with E-state index in [-0.39, 0.29) is 24.6 Å². The van der Waals surface area contributed by atoms with Crippen molar-refractivity contribution in [1.82, 2.24) is 15.5 Å². The second-order valence-corrected chi connectivity index (χ2v) is 6.31. The summed E-state index contributed by atoms with van der Waals surface area (Å²) in [7, 11) is 3.37. The molecule has 2 N–H and O–H groups in total. The van der Waals surface area contributed by atoms with Crippen LogP contribution in [0.5, 0.6) is 5.75 Å². The molecule has 0 saturated carbocycles. The number of hydrogen-bond acceptors (Lipinski definition) is 3. The van der Waals surface area contributed by atoms with E-state index >= 15 is 0 Å². The minimum absolute atomic E-state index is 0.00304. The van der Waals surface area contributed by atoms with E-state index in [2.05, 4.69) is 31.4 Å². The lowest BCUT2D eigenvalue weighted by Gasteiger charge is -2.21. The van der Waals surface area contributed by atoms with Crippen LogP contribution >= 0.6 is 0 Å². The van der Waals surface area contributed by atoms with Crippen LogP contribution in [0, 0.1) is 5.92 Å². The summed E-state index contributed by atoms with van der Waals surface area (Å²) >= 11 is 0. The minimum Gasteiger partial charge on any atom is -0.484 e. The van der Waals surface area contributed by atoms with Crippen LogP contribution in [0.25, 0.3) is 0 Å². The molecule has 1 rings (SSSR count). The average Bonchev–Trinajstić information content (AvgIpc) is 2.55. The van der Waals surface area contributed by atoms with Gasteiger partial charge in [-0.1, -0.05) is 32.9 Å². The van der Waals surface area contributed by atoms with E-state index in [0.717, 1.165) is 12.0 Å². The molecule has 1 aromatic rings. The van der Waals surface area contributed by atoms with Crippen LogP contribution in [0.4, 0.5) is 4.79 Å². The predicted molar refractivity (Wildman–Crippen MR) is 94.9 cm³/mol. The fraction of sp³-hybridized carbons (Fsp3) is 0.556. The Kier molecular flexibility index (Phi) is 8.09. The number of nitrogens with zero attached hydrogens (tertiary/aromatic N) is 1. The third kappa shape index (κ3) is 6.89. The Balaban J connectivity index is 2.49. The molecule has 1 atom stereocenters. The number of amides is 3. The van der Waals surface area contributed by atoms with E-state index in [1.54, 1.807) is 20.2 Å². The maximum atomic E-state index is 12.0. The molecule has 3 amide bonds. The van der Waals surface area contributed by atoms with E-state index in [1.807, 2.05) is 18.2 Å². The summed E-state index contributed by atoms with van der Waals surface area (Å²) in [6, 6.07) is 7.34. The number of carbonyl (C=O) groups is 2. The highest BCUT2D eigenvalue weighted by atomic mass is 16.5. The fourth-order valence-electron chi connectivity index (χ4n) is 2.16. The SMILES string of the molecule is CCC(NC(=O)NCc1cccc(OCC(=O)N(C)C)c1)C(C)C. The van der Waals surface area contributed by atoms with Gasteiger partial charge < -0.3 is 20.3 Å². The first-order valence-electron chi connectivity index (χ1n) is 8.29. The zero-order valence-corrected chi connectivity index (χ0v) is 15.3. The molecular weight excluding hydrogens is 306 g/mol. The molecule has 0 aliphatic heterocycles. The second-order valence-electron chi connectivity index (χ2n) is 6.31. The topological polar surface area (TPSA) is 70.7 Å². The lowest BCUT2D eigenvalue weighted by Crippen LogP contribution is -2.43. The van der Waals surface area contributed by atoms with E-state index in [9.17, 15) is 9.59 Å². The van der Waals surface area contributed by atoms with Crippen LogP contribution in [0.15, 0.2) is 24.3 Å². The number of rotatable bonds is 8. The van der Waals surface area contributed by atoms with Gasteiger partial charge in [-0.3, -0.25) is 4.79 Å². The molecule has 0 aliphatic carbocycles. The summed E-state index contributed by atoms with van der Waals surface area (Å²) in [4.78, 5) is 25.0. The first-order chi connectivity index (χ1) is 11.3. The van der Waals surface area contributed by atoms with Crippen LogP contribution < -0.4 is 15.4 Å². The molecule has 0 heterocycles. The highest BCUT2D eigenvalue weighted by Gasteiger charge is 2.13. The van der Waals surface area contributed by atoms with E-state index in [4.69, 9.17) is 4.74 Å². The zero-order chi connectivity index (χ0) is 18.1. The van der Waals surface area contributed by atoms with Gasteiger partial charge in [0.2, 0.25) is 0 Å². The van der Waals surface area contributed by atoms with Crippen molar-refractivity contribution in [2.24, 2.45) is 5.92 Å². The van der Waals surface area contributed by atoms with Crippen molar-refractivity contribution >= 4 is 11.9 Å². The van der Waals surface area contributed by atoms with Gasteiger partial charge in [0.1, 0.15) is 5.75 Å². The van der Waals surface area contributed by atoms with Crippen molar-refractivity contribution in [3.05, 3.63) is 29.8 Å². The lowest BCUT2D eigenvalue weighted by molar-refractivity contribution is -0.130. The quantitative estimate of drug-likeness (QED) is 0.766. The molecule has 0 spiro atoms. The van der Waals surface area contributed by atoms with E-state index < -0.39 is 0 Å². The number of benzene rings is 1. The molecule has 0 radical (unpaired) electrons. The minimum atomic E-state index is -0.176. The van der Waals surface area contributed by atoms with Crippen molar-refractivity contribution < 1.29 is 14.3 Å². The van der Waals surface area contributed by atoms with Crippen molar-refractivity contribution in [1.29, 1.82) is 0 Å². The summed E-state index contributed by atoms with van der Waals surface area (Å²) in [5.74, 6) is 0.905. The highest BCUT2D eigenvalue weighted by molar-refractivity contribution is 5.77. The van der Waals surface area contributed by atoms with Crippen LogP contribution in [0.1, 0.15) is 32.8 Å². The lowest BCUT2D eigenvalue weighted by atomic mass is 10.0. The standard InChI is InChI=1S/C18H29N3O3/c1-6-16(13(2)3)20-18(23)19-11-14-8-7-9-15(10-14)24-12-17(22)21(4)5/h7-10,13,16H,6,11-12H2,1-5H3,(H2,19,20,23). The molecule has 0 aromatic heterocycles. The third-order valence-electron chi connectivity index (χ3n) is 3.77. The highest BCUT2D eigenvalue weighted by Crippen LogP contribution is 2.13.